The summed E-state index contributed by atoms with van der Waals surface area (Å²) in [4.78, 5) is 42.9. The van der Waals surface area contributed by atoms with Gasteiger partial charge in [-0.25, -0.2) is 0 Å². The topological polar surface area (TPSA) is 139 Å². The number of halogens is 3. The zero-order chi connectivity index (χ0) is 30.5. The Morgan fingerprint density at radius 1 is 1.12 bits per heavy atom. The van der Waals surface area contributed by atoms with Gasteiger partial charge >= 0.3 is 6.18 Å². The lowest BCUT2D eigenvalue weighted by atomic mass is 9.58. The molecule has 0 saturated carbocycles. The highest BCUT2D eigenvalue weighted by Crippen LogP contribution is 2.55. The maximum atomic E-state index is 14.7. The van der Waals surface area contributed by atoms with Crippen LogP contribution in [0.5, 0.6) is 5.75 Å². The van der Waals surface area contributed by atoms with Crippen molar-refractivity contribution in [1.82, 2.24) is 9.80 Å². The third-order valence-corrected chi connectivity index (χ3v) is 9.43. The lowest BCUT2D eigenvalue weighted by molar-refractivity contribution is -0.148. The molecule has 4 aliphatic rings. The number of benzene rings is 1. The molecule has 0 spiro atoms. The van der Waals surface area contributed by atoms with E-state index in [4.69, 9.17) is 0 Å². The third-order valence-electron chi connectivity index (χ3n) is 9.43. The summed E-state index contributed by atoms with van der Waals surface area (Å²) in [7, 11) is 3.03. The van der Waals surface area contributed by atoms with Crippen LogP contribution in [0.1, 0.15) is 66.2 Å². The van der Waals surface area contributed by atoms with Crippen molar-refractivity contribution in [1.29, 1.82) is 0 Å². The number of likely N-dealkylation sites (N-methyl/N-ethyl adjacent to an activating group) is 1. The molecule has 1 aromatic carbocycles. The number of carbonyl (C=O) groups is 3. The van der Waals surface area contributed by atoms with Crippen LogP contribution in [0, 0.1) is 11.8 Å². The molecule has 0 fully saturated rings. The lowest BCUT2D eigenvalue weighted by Gasteiger charge is -2.50. The van der Waals surface area contributed by atoms with Gasteiger partial charge in [0.05, 0.1) is 17.2 Å². The van der Waals surface area contributed by atoms with Gasteiger partial charge in [0.2, 0.25) is 5.78 Å². The number of nitrogens with zero attached hydrogens (tertiary/aromatic N) is 2. The molecular formula is C29H33F3N2O7. The number of carbonyl (C=O) groups excluding carboxylic acids is 3. The predicted octanol–water partition coefficient (Wildman–Crippen LogP) is 3.36. The second kappa shape index (κ2) is 9.40. The minimum Gasteiger partial charge on any atom is -0.510 e. The molecule has 1 heterocycles. The van der Waals surface area contributed by atoms with E-state index in [2.05, 4.69) is 0 Å². The minimum atomic E-state index is -4.85. The first-order valence-electron chi connectivity index (χ1n) is 13.5. The van der Waals surface area contributed by atoms with Crippen molar-refractivity contribution < 1.29 is 48.0 Å². The molecule has 0 saturated heterocycles. The number of Topliss-reactive ketones (excluding diaryl/α,β-unsaturated/α-hetero) is 3. The van der Waals surface area contributed by atoms with Gasteiger partial charge in [-0.05, 0) is 64.3 Å². The Labute approximate surface area is 234 Å². The summed E-state index contributed by atoms with van der Waals surface area (Å²) in [6.07, 6.45) is -4.85. The van der Waals surface area contributed by atoms with Crippen molar-refractivity contribution in [3.8, 4) is 5.75 Å². The van der Waals surface area contributed by atoms with Crippen molar-refractivity contribution in [3.05, 3.63) is 50.5 Å². The van der Waals surface area contributed by atoms with Crippen molar-refractivity contribution in [2.24, 2.45) is 11.8 Å². The van der Waals surface area contributed by atoms with E-state index >= 15 is 0 Å². The van der Waals surface area contributed by atoms with E-state index in [0.29, 0.717) is 6.42 Å². The standard InChI is InChI=1S/C29H33F3N2O7/c1-6-11(2)34-9-15-16(10-34)23(36)20-14(21(15)29(30,31)32)7-13-8-17-22(33(4)5)25(38)18(12(3)35)26(39)28(17,41)27(40)19(13)24(20)37/h11,13,17,22,36,38,40-41H,6-10H2,1-5H3/t11-,13-,17-,22-,28+/m0/s1. The Hall–Kier alpha value is -3.22. The zero-order valence-electron chi connectivity index (χ0n) is 23.4. The van der Waals surface area contributed by atoms with E-state index in [0.717, 1.165) is 6.92 Å². The van der Waals surface area contributed by atoms with Crippen LogP contribution in [-0.2, 0) is 35.3 Å². The number of aromatic hydroxyl groups is 1. The van der Waals surface area contributed by atoms with Crippen molar-refractivity contribution >= 4 is 17.3 Å². The van der Waals surface area contributed by atoms with Crippen LogP contribution in [0.15, 0.2) is 22.7 Å². The number of hydrogen-bond acceptors (Lipinski definition) is 9. The van der Waals surface area contributed by atoms with E-state index in [-0.39, 0.29) is 42.2 Å². The fourth-order valence-corrected chi connectivity index (χ4v) is 7.31. The molecule has 0 amide bonds. The van der Waals surface area contributed by atoms with Crippen LogP contribution >= 0.6 is 0 Å². The van der Waals surface area contributed by atoms with Gasteiger partial charge in [0, 0.05) is 36.2 Å². The molecule has 0 bridgehead atoms. The Bertz CT molecular complexity index is 1460. The molecule has 5 rings (SSSR count). The second-order valence-corrected chi connectivity index (χ2v) is 11.8. The summed E-state index contributed by atoms with van der Waals surface area (Å²) in [6, 6.07) is -1.25. The summed E-state index contributed by atoms with van der Waals surface area (Å²) in [6.45, 7) is 4.70. The monoisotopic (exact) mass is 578 g/mol. The maximum Gasteiger partial charge on any atom is 0.417 e. The van der Waals surface area contributed by atoms with Gasteiger partial charge in [-0.1, -0.05) is 6.92 Å². The fourth-order valence-electron chi connectivity index (χ4n) is 7.31. The van der Waals surface area contributed by atoms with E-state index < -0.39 is 93.0 Å². The van der Waals surface area contributed by atoms with Gasteiger partial charge in [-0.3, -0.25) is 24.2 Å². The zero-order valence-corrected chi connectivity index (χ0v) is 23.4. The van der Waals surface area contributed by atoms with Crippen molar-refractivity contribution in [2.45, 2.75) is 77.0 Å². The molecule has 0 aromatic heterocycles. The highest BCUT2D eigenvalue weighted by molar-refractivity contribution is 6.25. The molecular weight excluding hydrogens is 545 g/mol. The molecule has 9 nitrogen and oxygen atoms in total. The van der Waals surface area contributed by atoms with E-state index in [1.54, 1.807) is 4.90 Å². The molecule has 0 unspecified atom stereocenters. The second-order valence-electron chi connectivity index (χ2n) is 11.8. The summed E-state index contributed by atoms with van der Waals surface area (Å²) < 4.78 is 44.1. The number of alkyl halides is 3. The average Bonchev–Trinajstić information content (AvgIpc) is 3.29. The molecule has 222 valence electrons. The van der Waals surface area contributed by atoms with Crippen LogP contribution in [0.25, 0.3) is 0 Å². The van der Waals surface area contributed by atoms with Gasteiger partial charge in [-0.2, -0.15) is 13.2 Å². The molecule has 3 aliphatic carbocycles. The Kier molecular flexibility index (Phi) is 6.71. The van der Waals surface area contributed by atoms with Gasteiger partial charge in [0.1, 0.15) is 22.8 Å². The first-order chi connectivity index (χ1) is 19.0. The summed E-state index contributed by atoms with van der Waals surface area (Å²) >= 11 is 0. The largest absolute Gasteiger partial charge is 0.510 e. The number of rotatable bonds is 4. The van der Waals surface area contributed by atoms with Crippen LogP contribution in [-0.4, -0.2) is 79.4 Å². The molecule has 1 aromatic rings. The number of allylic oxidation sites excluding steroid dienone is 1. The van der Waals surface area contributed by atoms with Crippen LogP contribution in [0.4, 0.5) is 13.2 Å². The highest BCUT2D eigenvalue weighted by atomic mass is 19.4. The van der Waals surface area contributed by atoms with Crippen LogP contribution in [0.3, 0.4) is 0 Å². The number of fused-ring (bicyclic) bond motifs is 4. The van der Waals surface area contributed by atoms with Crippen molar-refractivity contribution in [2.75, 3.05) is 14.1 Å². The van der Waals surface area contributed by atoms with Crippen LogP contribution < -0.4 is 0 Å². The number of aliphatic hydroxyl groups excluding tert-OH is 2. The van der Waals surface area contributed by atoms with E-state index in [1.165, 1.54) is 19.0 Å². The third kappa shape index (κ3) is 3.90. The van der Waals surface area contributed by atoms with Gasteiger partial charge in [0.15, 0.2) is 17.2 Å². The Morgan fingerprint density at radius 3 is 2.27 bits per heavy atom. The molecule has 5 atom stereocenters. The van der Waals surface area contributed by atoms with Gasteiger partial charge in [-0.15, -0.1) is 0 Å². The minimum absolute atomic E-state index is 0.00464. The summed E-state index contributed by atoms with van der Waals surface area (Å²) in [5.74, 6) is -7.88. The van der Waals surface area contributed by atoms with E-state index in [9.17, 15) is 48.0 Å². The van der Waals surface area contributed by atoms with Gasteiger partial charge in [0.25, 0.3) is 0 Å². The summed E-state index contributed by atoms with van der Waals surface area (Å²) in [5.41, 5.74) is -6.03. The highest BCUT2D eigenvalue weighted by Gasteiger charge is 2.63. The van der Waals surface area contributed by atoms with Gasteiger partial charge < -0.3 is 20.4 Å². The summed E-state index contributed by atoms with van der Waals surface area (Å²) in [5, 5.41) is 45.3. The Morgan fingerprint density at radius 2 is 1.73 bits per heavy atom. The number of phenols is 1. The molecule has 1 aliphatic heterocycles. The lowest BCUT2D eigenvalue weighted by Crippen LogP contribution is -2.63. The first kappa shape index (κ1) is 29.3. The number of phenolic OH excluding ortho intramolecular Hbond substituents is 1. The molecule has 41 heavy (non-hydrogen) atoms. The molecule has 12 heteroatoms. The normalized spacial score (nSPS) is 29.0. The Balaban J connectivity index is 1.75. The quantitative estimate of drug-likeness (QED) is 0.396. The molecule has 4 N–H and O–H groups in total. The SMILES string of the molecule is CC[C@H](C)N1Cc2c(O)c3c(c(C(F)(F)F)c2C1)C[C@H]1C[C@H]2[C@H](N(C)C)C(O)=C(C(C)=O)C(=O)[C@@]2(O)C(O)=C1C3=O. The maximum absolute atomic E-state index is 14.7. The molecule has 0 radical (unpaired) electrons. The van der Waals surface area contributed by atoms with Crippen molar-refractivity contribution in [3.63, 3.8) is 0 Å². The number of aliphatic hydroxyl groups is 3. The fraction of sp³-hybridized carbons (Fsp3) is 0.552. The number of hydrogen-bond donors (Lipinski definition) is 4. The predicted molar refractivity (Wildman–Crippen MR) is 139 cm³/mol. The average molecular weight is 579 g/mol. The van der Waals surface area contributed by atoms with E-state index in [1.807, 2.05) is 13.8 Å². The van der Waals surface area contributed by atoms with Crippen LogP contribution in [0.2, 0.25) is 0 Å². The number of ketones is 3. The first-order valence-corrected chi connectivity index (χ1v) is 13.5. The smallest absolute Gasteiger partial charge is 0.417 e.